The summed E-state index contributed by atoms with van der Waals surface area (Å²) in [6.45, 7) is 0. The standard InChI is InChI=1S/C9H9ClN2O/c10-4-2-1-3-7-5-8(13)9(11)12-6-7/h5-6,13H,2,4H2,(H2,11,12). The molecular weight excluding hydrogens is 188 g/mol. The first-order valence-corrected chi connectivity index (χ1v) is 4.27. The Morgan fingerprint density at radius 3 is 3.00 bits per heavy atom. The average Bonchev–Trinajstić information content (AvgIpc) is 2.12. The largest absolute Gasteiger partial charge is 0.504 e. The number of alkyl halides is 1. The average molecular weight is 197 g/mol. The molecule has 0 atom stereocenters. The van der Waals surface area contributed by atoms with Crippen LogP contribution in [0, 0.1) is 11.8 Å². The van der Waals surface area contributed by atoms with Crippen LogP contribution in [0.5, 0.6) is 5.75 Å². The predicted octanol–water partition coefficient (Wildman–Crippen LogP) is 1.35. The zero-order chi connectivity index (χ0) is 9.68. The van der Waals surface area contributed by atoms with Crippen LogP contribution >= 0.6 is 11.6 Å². The van der Waals surface area contributed by atoms with Crippen molar-refractivity contribution in [3.63, 3.8) is 0 Å². The molecule has 0 amide bonds. The second kappa shape index (κ2) is 4.58. The van der Waals surface area contributed by atoms with Crippen LogP contribution in [0.3, 0.4) is 0 Å². The topological polar surface area (TPSA) is 59.1 Å². The Kier molecular flexibility index (Phi) is 3.41. The summed E-state index contributed by atoms with van der Waals surface area (Å²) >= 11 is 5.44. The first-order valence-electron chi connectivity index (χ1n) is 3.73. The number of nitrogens with two attached hydrogens (primary N) is 1. The lowest BCUT2D eigenvalue weighted by Crippen LogP contribution is -1.90. The number of hydrogen-bond donors (Lipinski definition) is 2. The van der Waals surface area contributed by atoms with E-state index >= 15 is 0 Å². The Morgan fingerprint density at radius 1 is 1.62 bits per heavy atom. The molecule has 13 heavy (non-hydrogen) atoms. The van der Waals surface area contributed by atoms with Gasteiger partial charge in [-0.1, -0.05) is 11.8 Å². The van der Waals surface area contributed by atoms with Gasteiger partial charge in [0.2, 0.25) is 0 Å². The first-order chi connectivity index (χ1) is 6.24. The predicted molar refractivity (Wildman–Crippen MR) is 52.5 cm³/mol. The summed E-state index contributed by atoms with van der Waals surface area (Å²) in [6, 6.07) is 1.48. The van der Waals surface area contributed by atoms with Gasteiger partial charge in [-0.15, -0.1) is 11.6 Å². The zero-order valence-corrected chi connectivity index (χ0v) is 7.67. The summed E-state index contributed by atoms with van der Waals surface area (Å²) in [5.41, 5.74) is 5.95. The Balaban J connectivity index is 2.81. The van der Waals surface area contributed by atoms with Crippen molar-refractivity contribution in [2.45, 2.75) is 6.42 Å². The van der Waals surface area contributed by atoms with Gasteiger partial charge in [0.25, 0.3) is 0 Å². The highest BCUT2D eigenvalue weighted by Gasteiger charge is 1.96. The van der Waals surface area contributed by atoms with E-state index in [2.05, 4.69) is 16.8 Å². The molecule has 0 bridgehead atoms. The van der Waals surface area contributed by atoms with Crippen molar-refractivity contribution >= 4 is 17.4 Å². The maximum absolute atomic E-state index is 9.18. The van der Waals surface area contributed by atoms with Crippen LogP contribution in [0.15, 0.2) is 12.3 Å². The quantitative estimate of drug-likeness (QED) is 0.527. The van der Waals surface area contributed by atoms with Crippen molar-refractivity contribution in [2.75, 3.05) is 11.6 Å². The van der Waals surface area contributed by atoms with Crippen molar-refractivity contribution in [3.8, 4) is 17.6 Å². The number of hydrogen-bond acceptors (Lipinski definition) is 3. The smallest absolute Gasteiger partial charge is 0.165 e. The van der Waals surface area contributed by atoms with Gasteiger partial charge in [-0.25, -0.2) is 4.98 Å². The zero-order valence-electron chi connectivity index (χ0n) is 6.92. The maximum Gasteiger partial charge on any atom is 0.165 e. The van der Waals surface area contributed by atoms with E-state index in [9.17, 15) is 5.11 Å². The van der Waals surface area contributed by atoms with Crippen LogP contribution in [0.2, 0.25) is 0 Å². The van der Waals surface area contributed by atoms with E-state index in [4.69, 9.17) is 17.3 Å². The van der Waals surface area contributed by atoms with Crippen LogP contribution in [0.25, 0.3) is 0 Å². The molecule has 1 aromatic heterocycles. The summed E-state index contributed by atoms with van der Waals surface area (Å²) in [5, 5.41) is 9.18. The maximum atomic E-state index is 9.18. The second-order valence-electron chi connectivity index (χ2n) is 2.37. The summed E-state index contributed by atoms with van der Waals surface area (Å²) in [7, 11) is 0. The monoisotopic (exact) mass is 196 g/mol. The number of nitrogens with zero attached hydrogens (tertiary/aromatic N) is 1. The third-order valence-corrected chi connectivity index (χ3v) is 1.54. The highest BCUT2D eigenvalue weighted by molar-refractivity contribution is 6.18. The Labute approximate surface area is 81.5 Å². The molecule has 0 radical (unpaired) electrons. The molecule has 0 aliphatic rings. The molecule has 0 spiro atoms. The van der Waals surface area contributed by atoms with E-state index in [-0.39, 0.29) is 11.6 Å². The van der Waals surface area contributed by atoms with Gasteiger partial charge in [-0.05, 0) is 0 Å². The number of halogens is 1. The molecule has 1 heterocycles. The molecular formula is C9H9ClN2O. The fraction of sp³-hybridized carbons (Fsp3) is 0.222. The third kappa shape index (κ3) is 2.85. The third-order valence-electron chi connectivity index (χ3n) is 1.35. The molecule has 68 valence electrons. The highest BCUT2D eigenvalue weighted by Crippen LogP contribution is 2.16. The van der Waals surface area contributed by atoms with E-state index in [0.717, 1.165) is 0 Å². The molecule has 0 aliphatic heterocycles. The molecule has 4 heteroatoms. The Hall–Kier alpha value is -1.40. The summed E-state index contributed by atoms with van der Waals surface area (Å²) in [4.78, 5) is 3.75. The van der Waals surface area contributed by atoms with Crippen molar-refractivity contribution < 1.29 is 5.11 Å². The Morgan fingerprint density at radius 2 is 2.38 bits per heavy atom. The van der Waals surface area contributed by atoms with Gasteiger partial charge in [-0.2, -0.15) is 0 Å². The lowest BCUT2D eigenvalue weighted by molar-refractivity contribution is 0.475. The Bertz CT molecular complexity index is 354. The number of nitrogen functional groups attached to an aromatic ring is 1. The van der Waals surface area contributed by atoms with Gasteiger partial charge in [0.05, 0.1) is 0 Å². The molecule has 3 nitrogen and oxygen atoms in total. The molecule has 0 saturated heterocycles. The number of rotatable bonds is 1. The fourth-order valence-electron chi connectivity index (χ4n) is 0.744. The normalized spacial score (nSPS) is 9.00. The van der Waals surface area contributed by atoms with E-state index < -0.39 is 0 Å². The summed E-state index contributed by atoms with van der Waals surface area (Å²) in [5.74, 6) is 6.20. The van der Waals surface area contributed by atoms with E-state index in [1.165, 1.54) is 12.3 Å². The van der Waals surface area contributed by atoms with E-state index in [1.54, 1.807) is 0 Å². The van der Waals surface area contributed by atoms with Crippen molar-refractivity contribution in [1.82, 2.24) is 4.98 Å². The SMILES string of the molecule is Nc1ncc(C#CCCCl)cc1O. The van der Waals surface area contributed by atoms with Gasteiger partial charge in [0.1, 0.15) is 0 Å². The fourth-order valence-corrected chi connectivity index (χ4v) is 0.838. The number of anilines is 1. The van der Waals surface area contributed by atoms with Gasteiger partial charge < -0.3 is 10.8 Å². The van der Waals surface area contributed by atoms with Crippen LogP contribution < -0.4 is 5.73 Å². The molecule has 3 N–H and O–H groups in total. The van der Waals surface area contributed by atoms with Crippen molar-refractivity contribution in [2.24, 2.45) is 0 Å². The van der Waals surface area contributed by atoms with E-state index in [1.807, 2.05) is 0 Å². The molecule has 0 saturated carbocycles. The second-order valence-corrected chi connectivity index (χ2v) is 2.75. The molecule has 1 aromatic rings. The minimum atomic E-state index is -0.0438. The molecule has 0 unspecified atom stereocenters. The van der Waals surface area contributed by atoms with Crippen molar-refractivity contribution in [1.29, 1.82) is 0 Å². The number of pyridine rings is 1. The molecule has 0 fully saturated rings. The van der Waals surface area contributed by atoms with Crippen LogP contribution in [0.1, 0.15) is 12.0 Å². The lowest BCUT2D eigenvalue weighted by atomic mass is 10.2. The lowest BCUT2D eigenvalue weighted by Gasteiger charge is -1.96. The molecule has 0 aliphatic carbocycles. The van der Waals surface area contributed by atoms with Crippen LogP contribution in [0.4, 0.5) is 5.82 Å². The summed E-state index contributed by atoms with van der Waals surface area (Å²) < 4.78 is 0. The highest BCUT2D eigenvalue weighted by atomic mass is 35.5. The van der Waals surface area contributed by atoms with Crippen molar-refractivity contribution in [3.05, 3.63) is 17.8 Å². The number of aromatic nitrogens is 1. The summed E-state index contributed by atoms with van der Waals surface area (Å²) in [6.07, 6.45) is 2.13. The number of aromatic hydroxyl groups is 1. The molecule has 0 aromatic carbocycles. The van der Waals surface area contributed by atoms with Gasteiger partial charge in [-0.3, -0.25) is 0 Å². The van der Waals surface area contributed by atoms with E-state index in [0.29, 0.717) is 17.9 Å². The first kappa shape index (κ1) is 9.69. The minimum absolute atomic E-state index is 0.0438. The van der Waals surface area contributed by atoms with Crippen LogP contribution in [-0.4, -0.2) is 16.0 Å². The van der Waals surface area contributed by atoms with Crippen LogP contribution in [-0.2, 0) is 0 Å². The van der Waals surface area contributed by atoms with Gasteiger partial charge >= 0.3 is 0 Å². The van der Waals surface area contributed by atoms with Gasteiger partial charge in [0, 0.05) is 30.1 Å². The minimum Gasteiger partial charge on any atom is -0.504 e. The molecule has 1 rings (SSSR count). The van der Waals surface area contributed by atoms with Gasteiger partial charge in [0.15, 0.2) is 11.6 Å².